The molecular formula is C17H24FN3O2. The van der Waals surface area contributed by atoms with Gasteiger partial charge >= 0.3 is 6.09 Å². The fraction of sp³-hybridized carbons (Fsp3) is 0.529. The Morgan fingerprint density at radius 2 is 2.13 bits per heavy atom. The average molecular weight is 321 g/mol. The van der Waals surface area contributed by atoms with Crippen LogP contribution in [0.2, 0.25) is 0 Å². The minimum Gasteiger partial charge on any atom is -0.444 e. The fourth-order valence-corrected chi connectivity index (χ4v) is 1.92. The molecule has 0 spiro atoms. The SMILES string of the molecule is CCN(CCNCc1ccc(F)c(C#N)c1)C(=O)OC(C)(C)C. The average Bonchev–Trinajstić information content (AvgIpc) is 2.46. The Kier molecular flexibility index (Phi) is 6.98. The topological polar surface area (TPSA) is 65.4 Å². The number of likely N-dealkylation sites (N-methyl/N-ethyl adjacent to an activating group) is 1. The van der Waals surface area contributed by atoms with Crippen LogP contribution in [0, 0.1) is 17.1 Å². The molecule has 0 aliphatic rings. The number of carbonyl (C=O) groups is 1. The van der Waals surface area contributed by atoms with Crippen LogP contribution < -0.4 is 5.32 Å². The largest absolute Gasteiger partial charge is 0.444 e. The van der Waals surface area contributed by atoms with Crippen molar-refractivity contribution in [2.24, 2.45) is 0 Å². The van der Waals surface area contributed by atoms with Gasteiger partial charge in [-0.05, 0) is 45.4 Å². The molecule has 0 heterocycles. The first-order valence-electron chi connectivity index (χ1n) is 7.64. The van der Waals surface area contributed by atoms with Gasteiger partial charge in [-0.3, -0.25) is 0 Å². The zero-order valence-electron chi connectivity index (χ0n) is 14.1. The molecule has 0 saturated heterocycles. The molecule has 5 nitrogen and oxygen atoms in total. The van der Waals surface area contributed by atoms with E-state index in [1.54, 1.807) is 11.0 Å². The Balaban J connectivity index is 2.44. The van der Waals surface area contributed by atoms with Crippen molar-refractivity contribution in [2.75, 3.05) is 19.6 Å². The number of ether oxygens (including phenoxy) is 1. The first-order valence-corrected chi connectivity index (χ1v) is 7.64. The molecule has 23 heavy (non-hydrogen) atoms. The van der Waals surface area contributed by atoms with Gasteiger partial charge in [-0.25, -0.2) is 9.18 Å². The number of amides is 1. The van der Waals surface area contributed by atoms with E-state index in [0.717, 1.165) is 5.56 Å². The van der Waals surface area contributed by atoms with Gasteiger partial charge in [-0.2, -0.15) is 5.26 Å². The van der Waals surface area contributed by atoms with Gasteiger partial charge in [-0.1, -0.05) is 6.07 Å². The number of benzene rings is 1. The summed E-state index contributed by atoms with van der Waals surface area (Å²) in [6, 6.07) is 6.26. The third-order valence-corrected chi connectivity index (χ3v) is 3.07. The maximum atomic E-state index is 13.2. The second kappa shape index (κ2) is 8.49. The summed E-state index contributed by atoms with van der Waals surface area (Å²) in [7, 11) is 0. The van der Waals surface area contributed by atoms with Gasteiger partial charge in [0.1, 0.15) is 17.5 Å². The standard InChI is InChI=1S/C17H24FN3O2/c1-5-21(16(22)23-17(2,3)4)9-8-20-12-13-6-7-15(18)14(10-13)11-19/h6-7,10,20H,5,8-9,12H2,1-4H3. The van der Waals surface area contributed by atoms with Crippen molar-refractivity contribution < 1.29 is 13.9 Å². The van der Waals surface area contributed by atoms with Crippen molar-refractivity contribution in [1.29, 1.82) is 5.26 Å². The van der Waals surface area contributed by atoms with Gasteiger partial charge in [0, 0.05) is 26.2 Å². The van der Waals surface area contributed by atoms with Crippen molar-refractivity contribution >= 4 is 6.09 Å². The molecule has 1 amide bonds. The predicted octanol–water partition coefficient (Wildman–Crippen LogP) is 3.04. The maximum absolute atomic E-state index is 13.2. The molecule has 126 valence electrons. The summed E-state index contributed by atoms with van der Waals surface area (Å²) in [5.74, 6) is -0.515. The summed E-state index contributed by atoms with van der Waals surface area (Å²) >= 11 is 0. The number of rotatable bonds is 6. The van der Waals surface area contributed by atoms with E-state index in [1.165, 1.54) is 12.1 Å². The number of hydrogen-bond acceptors (Lipinski definition) is 4. The number of hydrogen-bond donors (Lipinski definition) is 1. The molecule has 1 aromatic carbocycles. The molecule has 6 heteroatoms. The van der Waals surface area contributed by atoms with E-state index < -0.39 is 11.4 Å². The number of nitriles is 1. The lowest BCUT2D eigenvalue weighted by atomic mass is 10.1. The summed E-state index contributed by atoms with van der Waals surface area (Å²) in [5.41, 5.74) is 0.344. The van der Waals surface area contributed by atoms with E-state index in [9.17, 15) is 9.18 Å². The molecule has 0 aliphatic carbocycles. The van der Waals surface area contributed by atoms with E-state index in [0.29, 0.717) is 26.2 Å². The highest BCUT2D eigenvalue weighted by molar-refractivity contribution is 5.68. The Labute approximate surface area is 137 Å². The summed E-state index contributed by atoms with van der Waals surface area (Å²) in [4.78, 5) is 13.6. The van der Waals surface area contributed by atoms with Crippen molar-refractivity contribution in [3.63, 3.8) is 0 Å². The van der Waals surface area contributed by atoms with Crippen LogP contribution in [0.1, 0.15) is 38.8 Å². The number of nitrogens with one attached hydrogen (secondary N) is 1. The summed E-state index contributed by atoms with van der Waals surface area (Å²) in [6.07, 6.45) is -0.338. The molecule has 0 radical (unpaired) electrons. The van der Waals surface area contributed by atoms with Crippen molar-refractivity contribution in [3.05, 3.63) is 35.1 Å². The van der Waals surface area contributed by atoms with Crippen molar-refractivity contribution in [2.45, 2.75) is 39.8 Å². The van der Waals surface area contributed by atoms with Crippen LogP contribution in [0.15, 0.2) is 18.2 Å². The van der Waals surface area contributed by atoms with Gasteiger partial charge in [0.15, 0.2) is 0 Å². The van der Waals surface area contributed by atoms with Gasteiger partial charge in [0.2, 0.25) is 0 Å². The second-order valence-electron chi connectivity index (χ2n) is 6.16. The van der Waals surface area contributed by atoms with Crippen LogP contribution >= 0.6 is 0 Å². The quantitative estimate of drug-likeness (QED) is 0.818. The first kappa shape index (κ1) is 18.9. The predicted molar refractivity (Wildman–Crippen MR) is 86.3 cm³/mol. The lowest BCUT2D eigenvalue weighted by molar-refractivity contribution is 0.0262. The highest BCUT2D eigenvalue weighted by atomic mass is 19.1. The number of nitrogens with zero attached hydrogens (tertiary/aromatic N) is 2. The van der Waals surface area contributed by atoms with Crippen LogP contribution in [0.25, 0.3) is 0 Å². The molecule has 0 atom stereocenters. The Bertz CT molecular complexity index is 576. The maximum Gasteiger partial charge on any atom is 0.410 e. The van der Waals surface area contributed by atoms with E-state index in [1.807, 2.05) is 33.8 Å². The monoisotopic (exact) mass is 321 g/mol. The number of halogens is 1. The molecule has 0 fully saturated rings. The van der Waals surface area contributed by atoms with Crippen LogP contribution in [-0.4, -0.2) is 36.2 Å². The van der Waals surface area contributed by atoms with Gasteiger partial charge in [0.05, 0.1) is 5.56 Å². The first-order chi connectivity index (χ1) is 10.8. The molecule has 0 bridgehead atoms. The lowest BCUT2D eigenvalue weighted by Gasteiger charge is -2.26. The normalized spacial score (nSPS) is 11.0. The zero-order chi connectivity index (χ0) is 17.5. The highest BCUT2D eigenvalue weighted by Gasteiger charge is 2.20. The minimum atomic E-state index is -0.515. The lowest BCUT2D eigenvalue weighted by Crippen LogP contribution is -2.40. The van der Waals surface area contributed by atoms with Crippen LogP contribution in [0.5, 0.6) is 0 Å². The Morgan fingerprint density at radius 3 is 2.70 bits per heavy atom. The number of carbonyl (C=O) groups excluding carboxylic acids is 1. The molecule has 0 unspecified atom stereocenters. The van der Waals surface area contributed by atoms with Gasteiger partial charge in [-0.15, -0.1) is 0 Å². The van der Waals surface area contributed by atoms with E-state index in [-0.39, 0.29) is 11.7 Å². The zero-order valence-corrected chi connectivity index (χ0v) is 14.1. The van der Waals surface area contributed by atoms with Crippen LogP contribution in [0.4, 0.5) is 9.18 Å². The van der Waals surface area contributed by atoms with E-state index in [2.05, 4.69) is 5.32 Å². The second-order valence-corrected chi connectivity index (χ2v) is 6.16. The van der Waals surface area contributed by atoms with E-state index >= 15 is 0 Å². The molecule has 0 aliphatic heterocycles. The summed E-state index contributed by atoms with van der Waals surface area (Å²) in [6.45, 7) is 9.54. The molecule has 0 saturated carbocycles. The van der Waals surface area contributed by atoms with Crippen molar-refractivity contribution in [1.82, 2.24) is 10.2 Å². The smallest absolute Gasteiger partial charge is 0.410 e. The molecule has 1 N–H and O–H groups in total. The van der Waals surface area contributed by atoms with Gasteiger partial charge in [0.25, 0.3) is 0 Å². The van der Waals surface area contributed by atoms with Gasteiger partial charge < -0.3 is 15.0 Å². The Morgan fingerprint density at radius 1 is 1.43 bits per heavy atom. The third-order valence-electron chi connectivity index (χ3n) is 3.07. The van der Waals surface area contributed by atoms with Crippen LogP contribution in [0.3, 0.4) is 0 Å². The van der Waals surface area contributed by atoms with E-state index in [4.69, 9.17) is 10.00 Å². The summed E-state index contributed by atoms with van der Waals surface area (Å²) < 4.78 is 18.6. The molecule has 0 aromatic heterocycles. The fourth-order valence-electron chi connectivity index (χ4n) is 1.92. The Hall–Kier alpha value is -2.13. The summed E-state index contributed by atoms with van der Waals surface area (Å²) in [5, 5.41) is 12.0. The highest BCUT2D eigenvalue weighted by Crippen LogP contribution is 2.10. The van der Waals surface area contributed by atoms with Crippen LogP contribution in [-0.2, 0) is 11.3 Å². The minimum absolute atomic E-state index is 0.0354. The molecular weight excluding hydrogens is 297 g/mol. The molecule has 1 aromatic rings. The third kappa shape index (κ3) is 6.66. The molecule has 1 rings (SSSR count). The van der Waals surface area contributed by atoms with Crippen molar-refractivity contribution in [3.8, 4) is 6.07 Å².